The number of carbonyl (C=O) groups excluding carboxylic acids is 1. The van der Waals surface area contributed by atoms with Crippen molar-refractivity contribution in [3.05, 3.63) is 71.0 Å². The monoisotopic (exact) mass is 439 g/mol. The molecule has 1 N–H and O–H groups in total. The Kier molecular flexibility index (Phi) is 7.01. The minimum atomic E-state index is -0.292. The fourth-order valence-electron chi connectivity index (χ4n) is 3.14. The van der Waals surface area contributed by atoms with Crippen LogP contribution in [0.1, 0.15) is 48.0 Å². The number of benzene rings is 2. The van der Waals surface area contributed by atoms with E-state index in [2.05, 4.69) is 51.2 Å². The van der Waals surface area contributed by atoms with Gasteiger partial charge in [0.15, 0.2) is 10.9 Å². The summed E-state index contributed by atoms with van der Waals surface area (Å²) in [4.78, 5) is 13.8. The van der Waals surface area contributed by atoms with E-state index in [1.165, 1.54) is 22.9 Å². The standard InChI is InChI=1S/C25H29NO4S/c1-16-10-11-17(25(2,3)4)14-22(16)31-23-13-12-21(30-23)24(27)26-15-18-19(28-5)8-7-9-20(18)29-6/h7-14H,15H2,1-6H3,(H,26,27). The lowest BCUT2D eigenvalue weighted by molar-refractivity contribution is 0.0917. The third-order valence-electron chi connectivity index (χ3n) is 5.03. The Labute approximate surface area is 188 Å². The van der Waals surface area contributed by atoms with E-state index in [1.54, 1.807) is 20.3 Å². The molecule has 31 heavy (non-hydrogen) atoms. The van der Waals surface area contributed by atoms with Crippen molar-refractivity contribution in [2.45, 2.75) is 49.6 Å². The zero-order valence-corrected chi connectivity index (χ0v) is 19.7. The highest BCUT2D eigenvalue weighted by Crippen LogP contribution is 2.35. The van der Waals surface area contributed by atoms with Crippen LogP contribution in [0.2, 0.25) is 0 Å². The van der Waals surface area contributed by atoms with Gasteiger partial charge < -0.3 is 19.2 Å². The largest absolute Gasteiger partial charge is 0.496 e. The number of ether oxygens (including phenoxy) is 2. The van der Waals surface area contributed by atoms with Crippen LogP contribution < -0.4 is 14.8 Å². The highest BCUT2D eigenvalue weighted by molar-refractivity contribution is 7.99. The summed E-state index contributed by atoms with van der Waals surface area (Å²) in [7, 11) is 3.18. The predicted molar refractivity (Wildman–Crippen MR) is 123 cm³/mol. The van der Waals surface area contributed by atoms with Crippen molar-refractivity contribution in [2.24, 2.45) is 0 Å². The topological polar surface area (TPSA) is 60.7 Å². The summed E-state index contributed by atoms with van der Waals surface area (Å²) in [6.45, 7) is 8.92. The number of aryl methyl sites for hydroxylation is 1. The van der Waals surface area contributed by atoms with E-state index in [0.29, 0.717) is 16.6 Å². The Balaban J connectivity index is 1.71. The van der Waals surface area contributed by atoms with Gasteiger partial charge in [0.1, 0.15) is 11.5 Å². The summed E-state index contributed by atoms with van der Waals surface area (Å²) < 4.78 is 16.6. The molecule has 0 atom stereocenters. The van der Waals surface area contributed by atoms with Gasteiger partial charge in [-0.3, -0.25) is 4.79 Å². The smallest absolute Gasteiger partial charge is 0.287 e. The van der Waals surface area contributed by atoms with E-state index < -0.39 is 0 Å². The maximum absolute atomic E-state index is 12.6. The molecule has 0 radical (unpaired) electrons. The lowest BCUT2D eigenvalue weighted by Crippen LogP contribution is -2.22. The Hall–Kier alpha value is -2.86. The molecular weight excluding hydrogens is 410 g/mol. The predicted octanol–water partition coefficient (Wildman–Crippen LogP) is 5.98. The maximum Gasteiger partial charge on any atom is 0.287 e. The molecule has 0 saturated carbocycles. The molecule has 0 saturated heterocycles. The number of nitrogens with one attached hydrogen (secondary N) is 1. The maximum atomic E-state index is 12.6. The van der Waals surface area contributed by atoms with Crippen molar-refractivity contribution in [3.63, 3.8) is 0 Å². The summed E-state index contributed by atoms with van der Waals surface area (Å²) in [5, 5.41) is 3.56. The van der Waals surface area contributed by atoms with Crippen LogP contribution >= 0.6 is 11.8 Å². The lowest BCUT2D eigenvalue weighted by atomic mass is 9.87. The third-order valence-corrected chi connectivity index (χ3v) is 6.11. The molecule has 0 bridgehead atoms. The average Bonchev–Trinajstić information content (AvgIpc) is 3.21. The van der Waals surface area contributed by atoms with Crippen LogP contribution in [0.5, 0.6) is 11.5 Å². The van der Waals surface area contributed by atoms with E-state index in [0.717, 1.165) is 10.5 Å². The van der Waals surface area contributed by atoms with Crippen LogP contribution in [0, 0.1) is 6.92 Å². The summed E-state index contributed by atoms with van der Waals surface area (Å²) >= 11 is 1.52. The van der Waals surface area contributed by atoms with Gasteiger partial charge in [-0.25, -0.2) is 0 Å². The number of methoxy groups -OCH3 is 2. The Morgan fingerprint density at radius 1 is 1.03 bits per heavy atom. The van der Waals surface area contributed by atoms with Crippen LogP contribution in [0.4, 0.5) is 0 Å². The van der Waals surface area contributed by atoms with Crippen LogP contribution in [-0.2, 0) is 12.0 Å². The van der Waals surface area contributed by atoms with Crippen molar-refractivity contribution < 1.29 is 18.7 Å². The van der Waals surface area contributed by atoms with E-state index in [1.807, 2.05) is 24.3 Å². The molecular formula is C25H29NO4S. The number of carbonyl (C=O) groups is 1. The first-order valence-electron chi connectivity index (χ1n) is 10.1. The van der Waals surface area contributed by atoms with Crippen molar-refractivity contribution >= 4 is 17.7 Å². The molecule has 3 aromatic rings. The number of hydrogen-bond acceptors (Lipinski definition) is 5. The minimum absolute atomic E-state index is 0.0662. The van der Waals surface area contributed by atoms with Gasteiger partial charge in [0.2, 0.25) is 0 Å². The average molecular weight is 440 g/mol. The first kappa shape index (κ1) is 22.8. The van der Waals surface area contributed by atoms with Gasteiger partial charge in [0.05, 0.1) is 26.3 Å². The van der Waals surface area contributed by atoms with Crippen molar-refractivity contribution in [2.75, 3.05) is 14.2 Å². The molecule has 0 fully saturated rings. The summed E-state index contributed by atoms with van der Waals surface area (Å²) in [5.74, 6) is 1.29. The van der Waals surface area contributed by atoms with Crippen molar-refractivity contribution in [3.8, 4) is 11.5 Å². The van der Waals surface area contributed by atoms with E-state index in [9.17, 15) is 4.79 Å². The van der Waals surface area contributed by atoms with Gasteiger partial charge in [-0.05, 0) is 53.8 Å². The van der Waals surface area contributed by atoms with Crippen LogP contribution in [0.15, 0.2) is 62.9 Å². The molecule has 0 aliphatic carbocycles. The number of hydrogen-bond donors (Lipinski definition) is 1. The molecule has 3 rings (SSSR count). The summed E-state index contributed by atoms with van der Waals surface area (Å²) in [6, 6.07) is 15.5. The third kappa shape index (κ3) is 5.44. The second-order valence-corrected chi connectivity index (χ2v) is 9.32. The van der Waals surface area contributed by atoms with Crippen LogP contribution in [0.25, 0.3) is 0 Å². The molecule has 6 heteroatoms. The molecule has 1 amide bonds. The highest BCUT2D eigenvalue weighted by atomic mass is 32.2. The first-order valence-corrected chi connectivity index (χ1v) is 10.9. The quantitative estimate of drug-likeness (QED) is 0.490. The number of rotatable bonds is 7. The molecule has 5 nitrogen and oxygen atoms in total. The molecule has 0 spiro atoms. The Morgan fingerprint density at radius 3 is 2.32 bits per heavy atom. The van der Waals surface area contributed by atoms with Gasteiger partial charge in [-0.15, -0.1) is 0 Å². The number of furan rings is 1. The van der Waals surface area contributed by atoms with Crippen molar-refractivity contribution in [1.29, 1.82) is 0 Å². The second-order valence-electron chi connectivity index (χ2n) is 8.27. The molecule has 0 unspecified atom stereocenters. The van der Waals surface area contributed by atoms with Gasteiger partial charge in [0, 0.05) is 4.90 Å². The Bertz CT molecular complexity index is 1040. The Morgan fingerprint density at radius 2 is 1.71 bits per heavy atom. The fourth-order valence-corrected chi connectivity index (χ4v) is 4.04. The first-order chi connectivity index (χ1) is 14.7. The van der Waals surface area contributed by atoms with Gasteiger partial charge in [0.25, 0.3) is 5.91 Å². The van der Waals surface area contributed by atoms with Crippen LogP contribution in [-0.4, -0.2) is 20.1 Å². The van der Waals surface area contributed by atoms with Crippen LogP contribution in [0.3, 0.4) is 0 Å². The SMILES string of the molecule is COc1cccc(OC)c1CNC(=O)c1ccc(Sc2cc(C(C)(C)C)ccc2C)o1. The van der Waals surface area contributed by atoms with Gasteiger partial charge in [-0.2, -0.15) is 0 Å². The fraction of sp³-hybridized carbons (Fsp3) is 0.320. The second kappa shape index (κ2) is 9.52. The molecule has 0 aliphatic heterocycles. The zero-order chi connectivity index (χ0) is 22.6. The molecule has 1 heterocycles. The molecule has 1 aromatic heterocycles. The summed E-state index contributed by atoms with van der Waals surface area (Å²) in [5.41, 5.74) is 3.27. The van der Waals surface area contributed by atoms with Crippen molar-refractivity contribution in [1.82, 2.24) is 5.32 Å². The van der Waals surface area contributed by atoms with Gasteiger partial charge >= 0.3 is 0 Å². The molecule has 164 valence electrons. The lowest BCUT2D eigenvalue weighted by Gasteiger charge is -2.20. The summed E-state index contributed by atoms with van der Waals surface area (Å²) in [6.07, 6.45) is 0. The van der Waals surface area contributed by atoms with E-state index in [-0.39, 0.29) is 23.6 Å². The minimum Gasteiger partial charge on any atom is -0.496 e. The number of amides is 1. The molecule has 0 aliphatic rings. The molecule has 2 aromatic carbocycles. The van der Waals surface area contributed by atoms with E-state index in [4.69, 9.17) is 13.9 Å². The normalized spacial score (nSPS) is 11.3. The van der Waals surface area contributed by atoms with Gasteiger partial charge in [-0.1, -0.05) is 50.7 Å². The van der Waals surface area contributed by atoms with E-state index >= 15 is 0 Å². The zero-order valence-electron chi connectivity index (χ0n) is 18.9. The highest BCUT2D eigenvalue weighted by Gasteiger charge is 2.18.